The Bertz CT molecular complexity index is 1210. The number of fused-ring (bicyclic) bond motifs is 1. The van der Waals surface area contributed by atoms with Crippen molar-refractivity contribution in [3.8, 4) is 5.82 Å². The molecule has 0 atom stereocenters. The molecular weight excluding hydrogens is 415 g/mol. The van der Waals surface area contributed by atoms with Crippen molar-refractivity contribution < 1.29 is 0 Å². The van der Waals surface area contributed by atoms with Gasteiger partial charge in [-0.05, 0) is 48.4 Å². The normalized spacial score (nSPS) is 11.1. The van der Waals surface area contributed by atoms with Crippen LogP contribution in [0.5, 0.6) is 0 Å². The molecule has 8 heteroatoms. The summed E-state index contributed by atoms with van der Waals surface area (Å²) in [5.41, 5.74) is 2.39. The highest BCUT2D eigenvalue weighted by Crippen LogP contribution is 2.26. The molecule has 4 rings (SSSR count). The molecule has 0 amide bonds. The number of halogens is 2. The Labute approximate surface area is 175 Å². The van der Waals surface area contributed by atoms with E-state index < -0.39 is 0 Å². The second kappa shape index (κ2) is 7.91. The van der Waals surface area contributed by atoms with Gasteiger partial charge in [0.25, 0.3) is 5.56 Å². The van der Waals surface area contributed by atoms with Crippen LogP contribution in [0.2, 0.25) is 10.3 Å². The van der Waals surface area contributed by atoms with Gasteiger partial charge in [0.1, 0.15) is 16.1 Å². The first-order chi connectivity index (χ1) is 13.5. The van der Waals surface area contributed by atoms with E-state index in [0.717, 1.165) is 11.1 Å². The fourth-order valence-electron chi connectivity index (χ4n) is 2.75. The van der Waals surface area contributed by atoms with Gasteiger partial charge in [0.15, 0.2) is 5.16 Å². The second-order valence-corrected chi connectivity index (χ2v) is 7.87. The highest BCUT2D eigenvalue weighted by Gasteiger charge is 2.14. The summed E-state index contributed by atoms with van der Waals surface area (Å²) in [6.45, 7) is 1.95. The lowest BCUT2D eigenvalue weighted by molar-refractivity contribution is 0.794. The van der Waals surface area contributed by atoms with E-state index in [1.807, 2.05) is 37.3 Å². The number of nitrogens with zero attached hydrogens (tertiary/aromatic N) is 4. The summed E-state index contributed by atoms with van der Waals surface area (Å²) in [7, 11) is 0. The lowest BCUT2D eigenvalue weighted by atomic mass is 10.2. The molecule has 140 valence electrons. The Morgan fingerprint density at radius 3 is 2.50 bits per heavy atom. The van der Waals surface area contributed by atoms with E-state index in [1.54, 1.807) is 24.4 Å². The van der Waals surface area contributed by atoms with Gasteiger partial charge in [0, 0.05) is 11.9 Å². The van der Waals surface area contributed by atoms with Crippen molar-refractivity contribution in [1.82, 2.24) is 19.5 Å². The van der Waals surface area contributed by atoms with Crippen molar-refractivity contribution >= 4 is 45.9 Å². The monoisotopic (exact) mass is 428 g/mol. The van der Waals surface area contributed by atoms with Gasteiger partial charge in [-0.15, -0.1) is 0 Å². The third kappa shape index (κ3) is 3.90. The molecule has 0 radical (unpaired) electrons. The number of aryl methyl sites for hydroxylation is 1. The lowest BCUT2D eigenvalue weighted by Crippen LogP contribution is -2.22. The van der Waals surface area contributed by atoms with Crippen LogP contribution in [-0.4, -0.2) is 19.5 Å². The van der Waals surface area contributed by atoms with E-state index in [-0.39, 0.29) is 5.56 Å². The van der Waals surface area contributed by atoms with Gasteiger partial charge in [-0.1, -0.05) is 53.2 Å². The van der Waals surface area contributed by atoms with Crippen LogP contribution in [0.1, 0.15) is 11.1 Å². The van der Waals surface area contributed by atoms with Gasteiger partial charge in [0.2, 0.25) is 0 Å². The van der Waals surface area contributed by atoms with Gasteiger partial charge in [-0.2, -0.15) is 0 Å². The molecule has 5 nitrogen and oxygen atoms in total. The maximum atomic E-state index is 13.2. The molecule has 4 aromatic rings. The summed E-state index contributed by atoms with van der Waals surface area (Å²) in [6, 6.07) is 14.5. The van der Waals surface area contributed by atoms with Crippen LogP contribution in [0.3, 0.4) is 0 Å². The van der Waals surface area contributed by atoms with Gasteiger partial charge in [-0.25, -0.2) is 19.5 Å². The van der Waals surface area contributed by atoms with Crippen molar-refractivity contribution in [3.63, 3.8) is 0 Å². The average Bonchev–Trinajstić information content (AvgIpc) is 2.67. The summed E-state index contributed by atoms with van der Waals surface area (Å²) in [4.78, 5) is 26.2. The minimum atomic E-state index is -0.157. The number of thioether (sulfide) groups is 1. The van der Waals surface area contributed by atoms with Crippen LogP contribution in [0, 0.1) is 6.92 Å². The van der Waals surface area contributed by atoms with Crippen molar-refractivity contribution in [3.05, 3.63) is 86.5 Å². The highest BCUT2D eigenvalue weighted by atomic mass is 35.5. The standard InChI is InChI=1S/C20H14Cl2N4OS/c1-12-6-7-18(23-10-12)26-19(27)14-4-2-3-5-15(14)24-20(26)28-11-13-8-16(21)25-17(22)9-13/h2-10H,11H2,1H3. The zero-order valence-electron chi connectivity index (χ0n) is 14.8. The first-order valence-electron chi connectivity index (χ1n) is 8.41. The van der Waals surface area contributed by atoms with Crippen LogP contribution in [-0.2, 0) is 5.75 Å². The van der Waals surface area contributed by atoms with Crippen LogP contribution >= 0.6 is 35.0 Å². The van der Waals surface area contributed by atoms with Gasteiger partial charge in [0.05, 0.1) is 10.9 Å². The van der Waals surface area contributed by atoms with Crippen molar-refractivity contribution in [2.45, 2.75) is 17.8 Å². The van der Waals surface area contributed by atoms with E-state index in [1.165, 1.54) is 16.3 Å². The number of pyridine rings is 2. The molecule has 0 fully saturated rings. The molecule has 3 heterocycles. The van der Waals surface area contributed by atoms with Crippen LogP contribution in [0.4, 0.5) is 0 Å². The SMILES string of the molecule is Cc1ccc(-n2c(SCc3cc(Cl)nc(Cl)c3)nc3ccccc3c2=O)nc1. The average molecular weight is 429 g/mol. The first-order valence-corrected chi connectivity index (χ1v) is 10.1. The number of aromatic nitrogens is 4. The molecule has 0 aliphatic carbocycles. The quantitative estimate of drug-likeness (QED) is 0.257. The smallest absolute Gasteiger partial charge is 0.267 e. The molecule has 1 aromatic carbocycles. The first kappa shape index (κ1) is 18.9. The third-order valence-corrected chi connectivity index (χ3v) is 5.46. The summed E-state index contributed by atoms with van der Waals surface area (Å²) < 4.78 is 1.54. The summed E-state index contributed by atoms with van der Waals surface area (Å²) in [6.07, 6.45) is 1.73. The Kier molecular flexibility index (Phi) is 5.35. The Morgan fingerprint density at radius 2 is 1.79 bits per heavy atom. The third-order valence-electron chi connectivity index (χ3n) is 4.06. The Morgan fingerprint density at radius 1 is 1.04 bits per heavy atom. The van der Waals surface area contributed by atoms with Crippen LogP contribution in [0.25, 0.3) is 16.7 Å². The summed E-state index contributed by atoms with van der Waals surface area (Å²) >= 11 is 13.4. The fraction of sp³-hybridized carbons (Fsp3) is 0.100. The minimum Gasteiger partial charge on any atom is -0.268 e. The van der Waals surface area contributed by atoms with Crippen LogP contribution in [0.15, 0.2) is 64.7 Å². The van der Waals surface area contributed by atoms with Crippen molar-refractivity contribution in [1.29, 1.82) is 0 Å². The molecule has 0 aliphatic rings. The molecule has 28 heavy (non-hydrogen) atoms. The van der Waals surface area contributed by atoms with Crippen molar-refractivity contribution in [2.24, 2.45) is 0 Å². The molecule has 0 spiro atoms. The largest absolute Gasteiger partial charge is 0.268 e. The zero-order valence-corrected chi connectivity index (χ0v) is 17.1. The number of hydrogen-bond acceptors (Lipinski definition) is 5. The number of para-hydroxylation sites is 1. The predicted molar refractivity (Wildman–Crippen MR) is 114 cm³/mol. The lowest BCUT2D eigenvalue weighted by Gasteiger charge is -2.12. The molecular formula is C20H14Cl2N4OS. The molecule has 0 bridgehead atoms. The number of rotatable bonds is 4. The fourth-order valence-corrected chi connectivity index (χ4v) is 4.19. The topological polar surface area (TPSA) is 60.7 Å². The van der Waals surface area contributed by atoms with E-state index >= 15 is 0 Å². The zero-order chi connectivity index (χ0) is 19.7. The maximum Gasteiger partial charge on any atom is 0.267 e. The molecule has 0 N–H and O–H groups in total. The van der Waals surface area contributed by atoms with E-state index in [0.29, 0.717) is 37.9 Å². The minimum absolute atomic E-state index is 0.157. The molecule has 0 saturated heterocycles. The highest BCUT2D eigenvalue weighted by molar-refractivity contribution is 7.98. The summed E-state index contributed by atoms with van der Waals surface area (Å²) in [5.74, 6) is 1.06. The van der Waals surface area contributed by atoms with E-state index in [2.05, 4.69) is 9.97 Å². The molecule has 3 aromatic heterocycles. The summed E-state index contributed by atoms with van der Waals surface area (Å²) in [5, 5.41) is 1.74. The Hall–Kier alpha value is -2.41. The number of hydrogen-bond donors (Lipinski definition) is 0. The van der Waals surface area contributed by atoms with Gasteiger partial charge >= 0.3 is 0 Å². The number of benzene rings is 1. The van der Waals surface area contributed by atoms with Gasteiger partial charge < -0.3 is 0 Å². The predicted octanol–water partition coefficient (Wildman–Crippen LogP) is 5.08. The molecule has 0 unspecified atom stereocenters. The van der Waals surface area contributed by atoms with Crippen molar-refractivity contribution in [2.75, 3.05) is 0 Å². The van der Waals surface area contributed by atoms with E-state index in [4.69, 9.17) is 28.2 Å². The Balaban J connectivity index is 1.82. The molecule has 0 aliphatic heterocycles. The van der Waals surface area contributed by atoms with E-state index in [9.17, 15) is 4.79 Å². The maximum absolute atomic E-state index is 13.2. The van der Waals surface area contributed by atoms with Crippen LogP contribution < -0.4 is 5.56 Å². The second-order valence-electron chi connectivity index (χ2n) is 6.16. The molecule has 0 saturated carbocycles. The van der Waals surface area contributed by atoms with Gasteiger partial charge in [-0.3, -0.25) is 4.79 Å².